The highest BCUT2D eigenvalue weighted by atomic mass is 16.6. The number of nitro groups is 1. The summed E-state index contributed by atoms with van der Waals surface area (Å²) >= 11 is 0. The number of benzene rings is 1. The molecule has 104 valence electrons. The quantitative estimate of drug-likeness (QED) is 0.467. The maximum atomic E-state index is 10.9. The van der Waals surface area contributed by atoms with Gasteiger partial charge in [0.05, 0.1) is 11.0 Å². The lowest BCUT2D eigenvalue weighted by molar-refractivity contribution is -0.385. The van der Waals surface area contributed by atoms with Crippen molar-refractivity contribution in [1.82, 2.24) is 5.32 Å². The van der Waals surface area contributed by atoms with Gasteiger partial charge in [0.15, 0.2) is 0 Å². The SMILES string of the molecule is C=C(CNCC)COc1cc([N+](=O)[O-])c(C)cc1C. The molecule has 1 aromatic carbocycles. The van der Waals surface area contributed by atoms with E-state index >= 15 is 0 Å². The molecule has 0 bridgehead atoms. The summed E-state index contributed by atoms with van der Waals surface area (Å²) in [6.45, 7) is 11.4. The molecule has 1 aromatic rings. The van der Waals surface area contributed by atoms with Crippen LogP contribution < -0.4 is 10.1 Å². The molecule has 5 nitrogen and oxygen atoms in total. The Balaban J connectivity index is 2.75. The van der Waals surface area contributed by atoms with Gasteiger partial charge in [-0.3, -0.25) is 10.1 Å². The molecule has 0 radical (unpaired) electrons. The van der Waals surface area contributed by atoms with E-state index in [4.69, 9.17) is 4.74 Å². The van der Waals surface area contributed by atoms with Crippen LogP contribution in [0.4, 0.5) is 5.69 Å². The molecule has 0 spiro atoms. The molecule has 0 aliphatic rings. The van der Waals surface area contributed by atoms with Gasteiger partial charge in [-0.2, -0.15) is 0 Å². The topological polar surface area (TPSA) is 64.4 Å². The number of likely N-dealkylation sites (N-methyl/N-ethyl adjacent to an activating group) is 1. The van der Waals surface area contributed by atoms with Crippen molar-refractivity contribution in [2.24, 2.45) is 0 Å². The van der Waals surface area contributed by atoms with E-state index in [1.807, 2.05) is 13.8 Å². The van der Waals surface area contributed by atoms with Crippen LogP contribution >= 0.6 is 0 Å². The Labute approximate surface area is 113 Å². The van der Waals surface area contributed by atoms with Crippen LogP contribution in [0, 0.1) is 24.0 Å². The minimum Gasteiger partial charge on any atom is -0.489 e. The van der Waals surface area contributed by atoms with Crippen LogP contribution in [0.2, 0.25) is 0 Å². The molecule has 0 fully saturated rings. The van der Waals surface area contributed by atoms with Gasteiger partial charge in [0.2, 0.25) is 0 Å². The molecule has 19 heavy (non-hydrogen) atoms. The zero-order valence-corrected chi connectivity index (χ0v) is 11.7. The largest absolute Gasteiger partial charge is 0.489 e. The summed E-state index contributed by atoms with van der Waals surface area (Å²) in [7, 11) is 0. The van der Waals surface area contributed by atoms with Gasteiger partial charge in [0.1, 0.15) is 12.4 Å². The van der Waals surface area contributed by atoms with Gasteiger partial charge in [0.25, 0.3) is 5.69 Å². The number of nitrogens with one attached hydrogen (secondary N) is 1. The van der Waals surface area contributed by atoms with Crippen LogP contribution in [0.25, 0.3) is 0 Å². The van der Waals surface area contributed by atoms with Crippen LogP contribution in [0.3, 0.4) is 0 Å². The van der Waals surface area contributed by atoms with Crippen molar-refractivity contribution in [3.63, 3.8) is 0 Å². The lowest BCUT2D eigenvalue weighted by Crippen LogP contribution is -2.19. The van der Waals surface area contributed by atoms with Crippen molar-refractivity contribution < 1.29 is 9.66 Å². The highest BCUT2D eigenvalue weighted by Gasteiger charge is 2.14. The standard InChI is InChI=1S/C14H20N2O3/c1-5-15-8-10(2)9-19-14-7-13(16(17)18)11(3)6-12(14)4/h6-7,15H,2,5,8-9H2,1,3-4H3. The summed E-state index contributed by atoms with van der Waals surface area (Å²) in [6.07, 6.45) is 0. The van der Waals surface area contributed by atoms with E-state index in [9.17, 15) is 10.1 Å². The first-order chi connectivity index (χ1) is 8.95. The van der Waals surface area contributed by atoms with E-state index in [1.165, 1.54) is 6.07 Å². The summed E-state index contributed by atoms with van der Waals surface area (Å²) in [5.41, 5.74) is 2.52. The molecule has 0 heterocycles. The first kappa shape index (κ1) is 15.2. The first-order valence-corrected chi connectivity index (χ1v) is 6.21. The van der Waals surface area contributed by atoms with Gasteiger partial charge in [-0.25, -0.2) is 0 Å². The summed E-state index contributed by atoms with van der Waals surface area (Å²) in [5, 5.41) is 14.0. The number of hydrogen-bond acceptors (Lipinski definition) is 4. The molecule has 0 saturated carbocycles. The number of aryl methyl sites for hydroxylation is 2. The minimum absolute atomic E-state index is 0.0814. The van der Waals surface area contributed by atoms with E-state index in [0.29, 0.717) is 24.5 Å². The number of ether oxygens (including phenoxy) is 1. The lowest BCUT2D eigenvalue weighted by Gasteiger charge is -2.12. The van der Waals surface area contributed by atoms with Crippen LogP contribution in [0.5, 0.6) is 5.75 Å². The molecular weight excluding hydrogens is 244 g/mol. The maximum absolute atomic E-state index is 10.9. The molecule has 0 aliphatic heterocycles. The molecule has 0 amide bonds. The smallest absolute Gasteiger partial charge is 0.276 e. The molecular formula is C14H20N2O3. The van der Waals surface area contributed by atoms with Gasteiger partial charge in [-0.1, -0.05) is 13.5 Å². The predicted molar refractivity (Wildman–Crippen MR) is 75.7 cm³/mol. The van der Waals surface area contributed by atoms with Gasteiger partial charge >= 0.3 is 0 Å². The highest BCUT2D eigenvalue weighted by molar-refractivity contribution is 5.49. The maximum Gasteiger partial charge on any atom is 0.276 e. The lowest BCUT2D eigenvalue weighted by atomic mass is 10.1. The van der Waals surface area contributed by atoms with E-state index in [1.54, 1.807) is 13.0 Å². The van der Waals surface area contributed by atoms with E-state index in [2.05, 4.69) is 11.9 Å². The second kappa shape index (κ2) is 6.89. The molecule has 1 rings (SSSR count). The highest BCUT2D eigenvalue weighted by Crippen LogP contribution is 2.28. The van der Waals surface area contributed by atoms with Crippen LogP contribution in [0.15, 0.2) is 24.3 Å². The second-order valence-corrected chi connectivity index (χ2v) is 4.48. The average molecular weight is 264 g/mol. The summed E-state index contributed by atoms with van der Waals surface area (Å²) in [6, 6.07) is 3.24. The Morgan fingerprint density at radius 3 is 2.68 bits per heavy atom. The second-order valence-electron chi connectivity index (χ2n) is 4.48. The van der Waals surface area contributed by atoms with Crippen molar-refractivity contribution in [3.8, 4) is 5.75 Å². The summed E-state index contributed by atoms with van der Waals surface area (Å²) in [5.74, 6) is 0.537. The van der Waals surface area contributed by atoms with Crippen LogP contribution in [-0.4, -0.2) is 24.6 Å². The normalized spacial score (nSPS) is 10.3. The predicted octanol–water partition coefficient (Wildman–Crippen LogP) is 2.76. The van der Waals surface area contributed by atoms with E-state index < -0.39 is 4.92 Å². The Morgan fingerprint density at radius 2 is 2.11 bits per heavy atom. The third kappa shape index (κ3) is 4.37. The summed E-state index contributed by atoms with van der Waals surface area (Å²) < 4.78 is 5.60. The molecule has 0 aliphatic carbocycles. The van der Waals surface area contributed by atoms with Crippen molar-refractivity contribution in [3.05, 3.63) is 45.5 Å². The third-order valence-corrected chi connectivity index (χ3v) is 2.75. The van der Waals surface area contributed by atoms with Crippen molar-refractivity contribution >= 4 is 5.69 Å². The Hall–Kier alpha value is -1.88. The molecule has 1 N–H and O–H groups in total. The van der Waals surface area contributed by atoms with Gasteiger partial charge in [-0.05, 0) is 37.6 Å². The van der Waals surface area contributed by atoms with E-state index in [0.717, 1.165) is 17.7 Å². The Kier molecular flexibility index (Phi) is 5.51. The fraction of sp³-hybridized carbons (Fsp3) is 0.429. The van der Waals surface area contributed by atoms with Crippen molar-refractivity contribution in [2.45, 2.75) is 20.8 Å². The molecule has 0 saturated heterocycles. The van der Waals surface area contributed by atoms with Crippen molar-refractivity contribution in [1.29, 1.82) is 0 Å². The minimum atomic E-state index is -0.394. The molecule has 5 heteroatoms. The molecule has 0 unspecified atom stereocenters. The van der Waals surface area contributed by atoms with Crippen LogP contribution in [0.1, 0.15) is 18.1 Å². The number of nitrogens with zero attached hydrogens (tertiary/aromatic N) is 1. The Bertz CT molecular complexity index is 484. The zero-order valence-electron chi connectivity index (χ0n) is 11.7. The number of nitro benzene ring substituents is 1. The van der Waals surface area contributed by atoms with Crippen LogP contribution in [-0.2, 0) is 0 Å². The average Bonchev–Trinajstić information content (AvgIpc) is 2.34. The van der Waals surface area contributed by atoms with Gasteiger partial charge in [0, 0.05) is 12.1 Å². The fourth-order valence-corrected chi connectivity index (χ4v) is 1.71. The Morgan fingerprint density at radius 1 is 1.42 bits per heavy atom. The monoisotopic (exact) mass is 264 g/mol. The zero-order chi connectivity index (χ0) is 14.4. The van der Waals surface area contributed by atoms with Gasteiger partial charge in [-0.15, -0.1) is 0 Å². The van der Waals surface area contributed by atoms with Crippen molar-refractivity contribution in [2.75, 3.05) is 19.7 Å². The van der Waals surface area contributed by atoms with Gasteiger partial charge < -0.3 is 10.1 Å². The third-order valence-electron chi connectivity index (χ3n) is 2.75. The fourth-order valence-electron chi connectivity index (χ4n) is 1.71. The summed E-state index contributed by atoms with van der Waals surface area (Å²) in [4.78, 5) is 10.5. The number of rotatable bonds is 7. The molecule has 0 aromatic heterocycles. The first-order valence-electron chi connectivity index (χ1n) is 6.21. The van der Waals surface area contributed by atoms with E-state index in [-0.39, 0.29) is 5.69 Å². The number of hydrogen-bond donors (Lipinski definition) is 1. The molecule has 0 atom stereocenters.